The number of nitrogen functional groups attached to an aromatic ring is 1. The standard InChI is InChI=1S/C16H24N7O8P.C2HF3O2/c17-7(1-2-10(18)25)8(24)4-32(28,29)30-3-9-12(26)13(27)16(31-9)23-6-22-11-14(19)20-5-21-15(11)23;3-2(4,5)1(6)7/h5-7,9,12-13,16,26-27H,1-4,17H2,(H2,18,25)(H,28,29)(H2,19,20,21);(H,6,7)/t7-,9+,12+,13+,16+;/m0./s1. The summed E-state index contributed by atoms with van der Waals surface area (Å²) in [5.74, 6) is -4.09. The number of carboxylic acid groups (broad SMARTS) is 1. The van der Waals surface area contributed by atoms with Gasteiger partial charge in [-0.25, -0.2) is 19.7 Å². The fourth-order valence-electron chi connectivity index (χ4n) is 3.16. The molecule has 3 rings (SSSR count). The van der Waals surface area contributed by atoms with Crippen LogP contribution >= 0.6 is 7.60 Å². The number of aliphatic hydroxyl groups is 2. The number of Topliss-reactive ketones (excluding diaryl/α,β-unsaturated/α-hetero) is 1. The fourth-order valence-corrected chi connectivity index (χ4v) is 4.26. The van der Waals surface area contributed by atoms with Crippen LogP contribution in [0.25, 0.3) is 11.2 Å². The number of primary amides is 1. The second kappa shape index (κ2) is 12.7. The summed E-state index contributed by atoms with van der Waals surface area (Å²) >= 11 is 0. The number of alkyl halides is 3. The lowest BCUT2D eigenvalue weighted by Crippen LogP contribution is -2.35. The van der Waals surface area contributed by atoms with Gasteiger partial charge in [0.25, 0.3) is 0 Å². The summed E-state index contributed by atoms with van der Waals surface area (Å²) in [6.45, 7) is -0.601. The molecule has 0 aliphatic carbocycles. The summed E-state index contributed by atoms with van der Waals surface area (Å²) in [6, 6.07) is -1.16. The molecule has 21 heteroatoms. The number of nitrogens with two attached hydrogens (primary N) is 3. The predicted octanol–water partition coefficient (Wildman–Crippen LogP) is -1.98. The number of ether oxygens (including phenoxy) is 1. The number of fused-ring (bicyclic) bond motifs is 1. The number of rotatable bonds is 10. The van der Waals surface area contributed by atoms with Crippen LogP contribution in [0.1, 0.15) is 19.1 Å². The van der Waals surface area contributed by atoms with E-state index >= 15 is 0 Å². The van der Waals surface area contributed by atoms with Gasteiger partial charge >= 0.3 is 19.7 Å². The summed E-state index contributed by atoms with van der Waals surface area (Å²) in [6.07, 6.45) is -8.98. The van der Waals surface area contributed by atoms with E-state index in [2.05, 4.69) is 15.0 Å². The van der Waals surface area contributed by atoms with Gasteiger partial charge < -0.3 is 46.7 Å². The first-order chi connectivity index (χ1) is 17.9. The number of aromatic nitrogens is 4. The van der Waals surface area contributed by atoms with Crippen LogP contribution in [0.2, 0.25) is 0 Å². The van der Waals surface area contributed by atoms with Gasteiger partial charge in [-0.3, -0.25) is 18.7 Å². The molecule has 3 heterocycles. The van der Waals surface area contributed by atoms with Crippen LogP contribution in [0.3, 0.4) is 0 Å². The molecule has 1 fully saturated rings. The van der Waals surface area contributed by atoms with Gasteiger partial charge in [0.15, 0.2) is 23.5 Å². The zero-order chi connectivity index (χ0) is 29.7. The third kappa shape index (κ3) is 8.62. The van der Waals surface area contributed by atoms with E-state index in [0.717, 1.165) is 0 Å². The average Bonchev–Trinajstić information content (AvgIpc) is 3.37. The maximum Gasteiger partial charge on any atom is 0.490 e. The van der Waals surface area contributed by atoms with Crippen LogP contribution in [0, 0.1) is 0 Å². The van der Waals surface area contributed by atoms with E-state index in [4.69, 9.17) is 36.4 Å². The molecule has 1 unspecified atom stereocenters. The second-order valence-corrected chi connectivity index (χ2v) is 9.95. The third-order valence-corrected chi connectivity index (χ3v) is 6.42. The first-order valence-electron chi connectivity index (χ1n) is 10.7. The SMILES string of the molecule is NC(=O)CC[C@H](N)C(=O)CP(=O)(O)OC[C@H]1O[C@@H](n2cnc3c(N)ncnc32)[C@H](O)[C@@H]1O.O=C(O)C(F)(F)F. The normalized spacial score (nSPS) is 23.5. The molecule has 17 nitrogen and oxygen atoms in total. The van der Waals surface area contributed by atoms with Crippen LogP contribution in [-0.2, 0) is 28.2 Å². The second-order valence-electron chi connectivity index (χ2n) is 8.10. The monoisotopic (exact) mass is 587 g/mol. The number of halogens is 3. The highest BCUT2D eigenvalue weighted by molar-refractivity contribution is 7.53. The Kier molecular flexibility index (Phi) is 10.4. The zero-order valence-corrected chi connectivity index (χ0v) is 20.6. The summed E-state index contributed by atoms with van der Waals surface area (Å²) < 4.78 is 55.8. The Balaban J connectivity index is 0.000000673. The molecular weight excluding hydrogens is 562 g/mol. The highest BCUT2D eigenvalue weighted by atomic mass is 31.2. The number of hydrogen-bond acceptors (Lipinski definition) is 13. The number of aliphatic hydroxyl groups excluding tert-OH is 2. The van der Waals surface area contributed by atoms with Crippen molar-refractivity contribution in [3.05, 3.63) is 12.7 Å². The van der Waals surface area contributed by atoms with Crippen LogP contribution in [0.15, 0.2) is 12.7 Å². The molecule has 2 aromatic rings. The number of anilines is 1. The first kappa shape index (κ1) is 32.0. The van der Waals surface area contributed by atoms with Gasteiger partial charge in [0, 0.05) is 6.42 Å². The zero-order valence-electron chi connectivity index (χ0n) is 19.7. The van der Waals surface area contributed by atoms with Crippen molar-refractivity contribution < 1.29 is 61.6 Å². The van der Waals surface area contributed by atoms with Crippen molar-refractivity contribution in [1.82, 2.24) is 19.5 Å². The van der Waals surface area contributed by atoms with Crippen molar-refractivity contribution in [3.8, 4) is 0 Å². The molecule has 1 amide bonds. The molecule has 0 saturated carbocycles. The van der Waals surface area contributed by atoms with Crippen molar-refractivity contribution in [3.63, 3.8) is 0 Å². The Bertz CT molecular complexity index is 1250. The van der Waals surface area contributed by atoms with E-state index in [9.17, 15) is 42.4 Å². The largest absolute Gasteiger partial charge is 0.490 e. The Morgan fingerprint density at radius 2 is 1.82 bits per heavy atom. The Morgan fingerprint density at radius 3 is 2.38 bits per heavy atom. The first-order valence-corrected chi connectivity index (χ1v) is 12.5. The quantitative estimate of drug-likeness (QED) is 0.148. The van der Waals surface area contributed by atoms with Crippen LogP contribution < -0.4 is 17.2 Å². The van der Waals surface area contributed by atoms with Crippen molar-refractivity contribution in [2.75, 3.05) is 18.5 Å². The summed E-state index contributed by atoms with van der Waals surface area (Å²) in [5, 5.41) is 27.8. The summed E-state index contributed by atoms with van der Waals surface area (Å²) in [4.78, 5) is 53.5. The van der Waals surface area contributed by atoms with Gasteiger partial charge in [0.1, 0.15) is 36.3 Å². The van der Waals surface area contributed by atoms with Gasteiger partial charge in [-0.15, -0.1) is 0 Å². The third-order valence-electron chi connectivity index (χ3n) is 5.15. The highest BCUT2D eigenvalue weighted by Gasteiger charge is 2.45. The number of amides is 1. The van der Waals surface area contributed by atoms with E-state index in [1.165, 1.54) is 17.2 Å². The fraction of sp³-hybridized carbons (Fsp3) is 0.556. The van der Waals surface area contributed by atoms with Crippen molar-refractivity contribution >= 4 is 42.2 Å². The maximum absolute atomic E-state index is 12.3. The lowest BCUT2D eigenvalue weighted by Gasteiger charge is -2.18. The maximum atomic E-state index is 12.3. The number of ketones is 1. The van der Waals surface area contributed by atoms with Crippen molar-refractivity contribution in [1.29, 1.82) is 0 Å². The van der Waals surface area contributed by atoms with Gasteiger partial charge in [0.2, 0.25) is 5.91 Å². The Hall–Kier alpha value is -3.26. The number of aliphatic carboxylic acids is 1. The van der Waals surface area contributed by atoms with Crippen LogP contribution in [0.5, 0.6) is 0 Å². The van der Waals surface area contributed by atoms with Gasteiger partial charge in [-0.2, -0.15) is 13.2 Å². The van der Waals surface area contributed by atoms with E-state index in [1.54, 1.807) is 0 Å². The molecule has 0 spiro atoms. The number of nitrogens with zero attached hydrogens (tertiary/aromatic N) is 4. The molecule has 1 aliphatic heterocycles. The minimum Gasteiger partial charge on any atom is -0.475 e. The number of hydrogen-bond donors (Lipinski definition) is 7. The Labute approximate surface area is 216 Å². The topological polar surface area (TPSA) is 289 Å². The summed E-state index contributed by atoms with van der Waals surface area (Å²) in [5.41, 5.74) is 16.8. The van der Waals surface area contributed by atoms with E-state index < -0.39 is 74.8 Å². The lowest BCUT2D eigenvalue weighted by atomic mass is 10.1. The van der Waals surface area contributed by atoms with Gasteiger partial charge in [0.05, 0.1) is 19.0 Å². The summed E-state index contributed by atoms with van der Waals surface area (Å²) in [7, 11) is -4.45. The number of imidazole rings is 1. The minimum atomic E-state index is -5.08. The molecule has 10 N–H and O–H groups in total. The highest BCUT2D eigenvalue weighted by Crippen LogP contribution is 2.43. The molecule has 6 atom stereocenters. The average molecular weight is 587 g/mol. The molecule has 1 saturated heterocycles. The smallest absolute Gasteiger partial charge is 0.475 e. The molecule has 218 valence electrons. The number of carbonyl (C=O) groups excluding carboxylic acids is 2. The van der Waals surface area contributed by atoms with E-state index in [1.807, 2.05) is 0 Å². The number of carbonyl (C=O) groups is 3. The predicted molar refractivity (Wildman–Crippen MR) is 121 cm³/mol. The van der Waals surface area contributed by atoms with Crippen molar-refractivity contribution in [2.24, 2.45) is 11.5 Å². The molecule has 0 radical (unpaired) electrons. The lowest BCUT2D eigenvalue weighted by molar-refractivity contribution is -0.192. The minimum absolute atomic E-state index is 0.0700. The van der Waals surface area contributed by atoms with E-state index in [-0.39, 0.29) is 29.8 Å². The van der Waals surface area contributed by atoms with Crippen LogP contribution in [0.4, 0.5) is 19.0 Å². The van der Waals surface area contributed by atoms with Gasteiger partial charge in [-0.1, -0.05) is 0 Å². The molecule has 0 aromatic carbocycles. The molecule has 0 bridgehead atoms. The molecule has 39 heavy (non-hydrogen) atoms. The van der Waals surface area contributed by atoms with E-state index in [0.29, 0.717) is 0 Å². The van der Waals surface area contributed by atoms with Crippen molar-refractivity contribution in [2.45, 2.75) is 49.6 Å². The molecule has 2 aromatic heterocycles. The molecule has 1 aliphatic rings. The Morgan fingerprint density at radius 1 is 1.21 bits per heavy atom. The van der Waals surface area contributed by atoms with Gasteiger partial charge in [-0.05, 0) is 6.42 Å². The number of carboxylic acids is 1. The molecular formula is C18H25F3N7O10P. The van der Waals surface area contributed by atoms with Crippen LogP contribution in [-0.4, -0.2) is 101 Å².